The van der Waals surface area contributed by atoms with Crippen LogP contribution >= 0.6 is 0 Å². The van der Waals surface area contributed by atoms with Gasteiger partial charge in [-0.05, 0) is 42.9 Å². The van der Waals surface area contributed by atoms with Gasteiger partial charge in [0.2, 0.25) is 0 Å². The molecule has 1 saturated heterocycles. The summed E-state index contributed by atoms with van der Waals surface area (Å²) in [7, 11) is 0. The van der Waals surface area contributed by atoms with Crippen molar-refractivity contribution in [1.82, 2.24) is 9.97 Å². The van der Waals surface area contributed by atoms with Crippen LogP contribution in [0.2, 0.25) is 0 Å². The van der Waals surface area contributed by atoms with Gasteiger partial charge in [0.05, 0.1) is 0 Å². The number of rotatable bonds is 6. The molecule has 0 radical (unpaired) electrons. The first-order chi connectivity index (χ1) is 12.6. The summed E-state index contributed by atoms with van der Waals surface area (Å²) >= 11 is 0. The third kappa shape index (κ3) is 4.94. The van der Waals surface area contributed by atoms with Crippen molar-refractivity contribution < 1.29 is 9.53 Å². The molecule has 0 saturated carbocycles. The molecule has 138 valence electrons. The van der Waals surface area contributed by atoms with Crippen molar-refractivity contribution in [3.8, 4) is 5.75 Å². The van der Waals surface area contributed by atoms with Crippen molar-refractivity contribution in [2.45, 2.75) is 39.0 Å². The van der Waals surface area contributed by atoms with Crippen LogP contribution in [-0.4, -0.2) is 35.6 Å². The van der Waals surface area contributed by atoms with Gasteiger partial charge in [-0.25, -0.2) is 9.97 Å². The smallest absolute Gasteiger partial charge is 0.263 e. The van der Waals surface area contributed by atoms with Gasteiger partial charge >= 0.3 is 0 Å². The minimum absolute atomic E-state index is 0.0515. The summed E-state index contributed by atoms with van der Waals surface area (Å²) in [6, 6.07) is 9.64. The number of hydrogen-bond acceptors (Lipinski definition) is 5. The summed E-state index contributed by atoms with van der Waals surface area (Å²) < 4.78 is 5.56. The normalized spacial score (nSPS) is 14.3. The molecule has 1 aromatic carbocycles. The minimum Gasteiger partial charge on any atom is -0.484 e. The maximum absolute atomic E-state index is 12.1. The SMILES string of the molecule is CC(C)c1ccc(OCC(=O)Nc2cc(N3CCCCC3)ncn2)cc1. The lowest BCUT2D eigenvalue weighted by atomic mass is 10.0. The van der Waals surface area contributed by atoms with Crippen molar-refractivity contribution in [2.24, 2.45) is 0 Å². The zero-order valence-electron chi connectivity index (χ0n) is 15.4. The van der Waals surface area contributed by atoms with Crippen LogP contribution in [-0.2, 0) is 4.79 Å². The molecule has 6 nitrogen and oxygen atoms in total. The Bertz CT molecular complexity index is 725. The molecule has 3 rings (SSSR count). The standard InChI is InChI=1S/C20H26N4O2/c1-15(2)16-6-8-17(9-7-16)26-13-20(25)23-18-12-19(22-14-21-18)24-10-4-3-5-11-24/h6-9,12,14-15H,3-5,10-11,13H2,1-2H3,(H,21,22,23,25). The number of aromatic nitrogens is 2. The number of carbonyl (C=O) groups excluding carboxylic acids is 1. The second-order valence-corrected chi connectivity index (χ2v) is 6.87. The van der Waals surface area contributed by atoms with Gasteiger partial charge in [0.1, 0.15) is 23.7 Å². The van der Waals surface area contributed by atoms with Crippen LogP contribution in [0.1, 0.15) is 44.6 Å². The molecule has 26 heavy (non-hydrogen) atoms. The van der Waals surface area contributed by atoms with Crippen LogP contribution < -0.4 is 15.0 Å². The summed E-state index contributed by atoms with van der Waals surface area (Å²) in [5.74, 6) is 2.28. The van der Waals surface area contributed by atoms with Crippen molar-refractivity contribution >= 4 is 17.5 Å². The number of piperidine rings is 1. The van der Waals surface area contributed by atoms with Gasteiger partial charge in [-0.1, -0.05) is 26.0 Å². The summed E-state index contributed by atoms with van der Waals surface area (Å²) in [5.41, 5.74) is 1.24. The minimum atomic E-state index is -0.235. The van der Waals surface area contributed by atoms with Crippen LogP contribution in [0.25, 0.3) is 0 Å². The van der Waals surface area contributed by atoms with E-state index in [-0.39, 0.29) is 12.5 Å². The zero-order chi connectivity index (χ0) is 18.4. The number of amides is 1. The van der Waals surface area contributed by atoms with E-state index in [0.717, 1.165) is 18.9 Å². The first kappa shape index (κ1) is 18.2. The number of nitrogens with zero attached hydrogens (tertiary/aromatic N) is 3. The van der Waals surface area contributed by atoms with Gasteiger partial charge in [-0.15, -0.1) is 0 Å². The molecule has 1 fully saturated rings. The lowest BCUT2D eigenvalue weighted by Gasteiger charge is -2.27. The molecule has 0 spiro atoms. The molecule has 1 aliphatic rings. The molecule has 0 atom stereocenters. The second kappa shape index (κ2) is 8.65. The molecule has 2 heterocycles. The Hall–Kier alpha value is -2.63. The number of hydrogen-bond donors (Lipinski definition) is 1. The lowest BCUT2D eigenvalue weighted by molar-refractivity contribution is -0.118. The highest BCUT2D eigenvalue weighted by atomic mass is 16.5. The fraction of sp³-hybridized carbons (Fsp3) is 0.450. The first-order valence-electron chi connectivity index (χ1n) is 9.21. The van der Waals surface area contributed by atoms with E-state index in [0.29, 0.717) is 17.5 Å². The molecule has 0 unspecified atom stereocenters. The van der Waals surface area contributed by atoms with E-state index in [4.69, 9.17) is 4.74 Å². The molecule has 1 N–H and O–H groups in total. The highest BCUT2D eigenvalue weighted by molar-refractivity contribution is 5.91. The van der Waals surface area contributed by atoms with Crippen LogP contribution in [0, 0.1) is 0 Å². The molecule has 1 amide bonds. The molecule has 0 aliphatic carbocycles. The predicted molar refractivity (Wildman–Crippen MR) is 103 cm³/mol. The van der Waals surface area contributed by atoms with Crippen molar-refractivity contribution in [3.05, 3.63) is 42.2 Å². The molecule has 6 heteroatoms. The molecule has 1 aromatic heterocycles. The molecular weight excluding hydrogens is 328 g/mol. The van der Waals surface area contributed by atoms with Gasteiger partial charge in [-0.2, -0.15) is 0 Å². The van der Waals surface area contributed by atoms with Gasteiger partial charge in [-0.3, -0.25) is 4.79 Å². The third-order valence-electron chi connectivity index (χ3n) is 4.52. The van der Waals surface area contributed by atoms with E-state index in [9.17, 15) is 4.79 Å². The summed E-state index contributed by atoms with van der Waals surface area (Å²) in [6.07, 6.45) is 5.11. The Morgan fingerprint density at radius 3 is 2.58 bits per heavy atom. The van der Waals surface area contributed by atoms with E-state index in [1.165, 1.54) is 31.2 Å². The number of nitrogens with one attached hydrogen (secondary N) is 1. The fourth-order valence-corrected chi connectivity index (χ4v) is 2.99. The number of anilines is 2. The molecule has 2 aromatic rings. The topological polar surface area (TPSA) is 67.3 Å². The largest absolute Gasteiger partial charge is 0.484 e. The van der Waals surface area contributed by atoms with E-state index in [1.807, 2.05) is 30.3 Å². The van der Waals surface area contributed by atoms with Gasteiger partial charge in [0, 0.05) is 19.2 Å². The van der Waals surface area contributed by atoms with Gasteiger partial charge in [0.15, 0.2) is 6.61 Å². The number of ether oxygens (including phenoxy) is 1. The average molecular weight is 354 g/mol. The van der Waals surface area contributed by atoms with E-state index >= 15 is 0 Å². The van der Waals surface area contributed by atoms with Crippen molar-refractivity contribution in [3.63, 3.8) is 0 Å². The summed E-state index contributed by atoms with van der Waals surface area (Å²) in [6.45, 7) is 6.23. The highest BCUT2D eigenvalue weighted by Crippen LogP contribution is 2.20. The number of carbonyl (C=O) groups is 1. The van der Waals surface area contributed by atoms with Gasteiger partial charge in [0.25, 0.3) is 5.91 Å². The average Bonchev–Trinajstić information content (AvgIpc) is 2.67. The lowest BCUT2D eigenvalue weighted by Crippen LogP contribution is -2.30. The maximum Gasteiger partial charge on any atom is 0.263 e. The van der Waals surface area contributed by atoms with Crippen molar-refractivity contribution in [1.29, 1.82) is 0 Å². The predicted octanol–water partition coefficient (Wildman–Crippen LogP) is 3.61. The molecular formula is C20H26N4O2. The summed E-state index contributed by atoms with van der Waals surface area (Å²) in [5, 5.41) is 2.78. The highest BCUT2D eigenvalue weighted by Gasteiger charge is 2.13. The van der Waals surface area contributed by atoms with Crippen LogP contribution in [0.15, 0.2) is 36.7 Å². The molecule has 0 bridgehead atoms. The van der Waals surface area contributed by atoms with E-state index in [2.05, 4.69) is 34.0 Å². The first-order valence-corrected chi connectivity index (χ1v) is 9.21. The Balaban J connectivity index is 1.53. The second-order valence-electron chi connectivity index (χ2n) is 6.87. The quantitative estimate of drug-likeness (QED) is 0.858. The fourth-order valence-electron chi connectivity index (χ4n) is 2.99. The Morgan fingerprint density at radius 2 is 1.88 bits per heavy atom. The van der Waals surface area contributed by atoms with Crippen LogP contribution in [0.5, 0.6) is 5.75 Å². The number of benzene rings is 1. The van der Waals surface area contributed by atoms with Crippen LogP contribution in [0.4, 0.5) is 11.6 Å². The van der Waals surface area contributed by atoms with Crippen molar-refractivity contribution in [2.75, 3.05) is 29.9 Å². The third-order valence-corrected chi connectivity index (χ3v) is 4.52. The zero-order valence-corrected chi connectivity index (χ0v) is 15.4. The van der Waals surface area contributed by atoms with E-state index < -0.39 is 0 Å². The Kier molecular flexibility index (Phi) is 6.04. The molecule has 1 aliphatic heterocycles. The Morgan fingerprint density at radius 1 is 1.15 bits per heavy atom. The van der Waals surface area contributed by atoms with Crippen LogP contribution in [0.3, 0.4) is 0 Å². The Labute approximate surface area is 154 Å². The maximum atomic E-state index is 12.1. The summed E-state index contributed by atoms with van der Waals surface area (Å²) in [4.78, 5) is 22.8. The van der Waals surface area contributed by atoms with Gasteiger partial charge < -0.3 is 15.0 Å². The van der Waals surface area contributed by atoms with E-state index in [1.54, 1.807) is 0 Å². The monoisotopic (exact) mass is 354 g/mol.